The van der Waals surface area contributed by atoms with Crippen molar-refractivity contribution in [3.63, 3.8) is 0 Å². The van der Waals surface area contributed by atoms with Crippen molar-refractivity contribution < 1.29 is 49.0 Å². The number of esters is 1. The Morgan fingerprint density at radius 2 is 1.81 bits per heavy atom. The molecule has 0 fully saturated rings. The molecule has 1 unspecified atom stereocenters. The first-order chi connectivity index (χ1) is 14.2. The summed E-state index contributed by atoms with van der Waals surface area (Å²) in [6.07, 6.45) is 0.815. The molecule has 0 amide bonds. The number of hydrogen-bond donors (Lipinski definition) is 1. The van der Waals surface area contributed by atoms with Gasteiger partial charge < -0.3 is 14.6 Å². The predicted octanol–water partition coefficient (Wildman–Crippen LogP) is 6.01. The molecule has 0 aliphatic carbocycles. The Morgan fingerprint density at radius 3 is 2.32 bits per heavy atom. The van der Waals surface area contributed by atoms with Crippen molar-refractivity contribution in [3.05, 3.63) is 52.7 Å². The molecule has 176 valence electrons. The van der Waals surface area contributed by atoms with E-state index in [4.69, 9.17) is 16.4 Å². The van der Waals surface area contributed by atoms with E-state index in [2.05, 4.69) is 23.4 Å². The van der Waals surface area contributed by atoms with E-state index in [-0.39, 0.29) is 29.5 Å². The van der Waals surface area contributed by atoms with Gasteiger partial charge >= 0.3 is 17.8 Å². The van der Waals surface area contributed by atoms with E-state index in [0.717, 1.165) is 24.2 Å². The largest absolute Gasteiger partial charge is 0.515 e. The van der Waals surface area contributed by atoms with Gasteiger partial charge in [0.25, 0.3) is 0 Å². The Hall–Kier alpha value is -2.20. The number of ether oxygens (including phenoxy) is 2. The maximum Gasteiger partial charge on any atom is 0.438 e. The summed E-state index contributed by atoms with van der Waals surface area (Å²) < 4.78 is 47.7. The average molecular weight is 486 g/mol. The van der Waals surface area contributed by atoms with E-state index < -0.39 is 23.6 Å². The second-order valence-electron chi connectivity index (χ2n) is 6.89. The number of aliphatic hydroxyl groups is 1. The molecule has 0 saturated heterocycles. The number of nitrogens with zero attached hydrogens (tertiary/aromatic N) is 1. The van der Waals surface area contributed by atoms with E-state index in [1.807, 2.05) is 0 Å². The minimum atomic E-state index is -5.18. The zero-order chi connectivity index (χ0) is 22.6. The zero-order valence-electron chi connectivity index (χ0n) is 17.6. The van der Waals surface area contributed by atoms with Crippen LogP contribution >= 0.6 is 0 Å². The predicted molar refractivity (Wildman–Crippen MR) is 107 cm³/mol. The molecular weight excluding hydrogens is 458 g/mol. The van der Waals surface area contributed by atoms with E-state index >= 15 is 0 Å². The molecular formula is C22H28F3NNiO4. The Kier molecular flexibility index (Phi) is 13.7. The SMILES string of the molecule is [C-]#[N+]/C(C(=O)OCCc1ccc(OCCC(CC)CCCC)cc1)=C(/O)C(F)(F)F.[Ni]. The quantitative estimate of drug-likeness (QED) is 0.129. The van der Waals surface area contributed by atoms with Crippen molar-refractivity contribution in [3.8, 4) is 5.75 Å². The molecule has 1 N–H and O–H groups in total. The Bertz CT molecular complexity index is 743. The molecule has 1 rings (SSSR count). The van der Waals surface area contributed by atoms with Crippen LogP contribution in [-0.2, 0) is 32.4 Å². The van der Waals surface area contributed by atoms with E-state index in [0.29, 0.717) is 12.5 Å². The van der Waals surface area contributed by atoms with Gasteiger partial charge in [0.1, 0.15) is 5.75 Å². The van der Waals surface area contributed by atoms with Gasteiger partial charge in [-0.1, -0.05) is 51.7 Å². The van der Waals surface area contributed by atoms with Gasteiger partial charge in [0, 0.05) is 22.9 Å². The number of hydrogen-bond acceptors (Lipinski definition) is 4. The van der Waals surface area contributed by atoms with Crippen molar-refractivity contribution >= 4 is 5.97 Å². The van der Waals surface area contributed by atoms with Crippen LogP contribution in [0, 0.1) is 12.5 Å². The summed E-state index contributed by atoms with van der Waals surface area (Å²) in [6, 6.07) is 7.11. The first kappa shape index (κ1) is 28.8. The van der Waals surface area contributed by atoms with Crippen LogP contribution in [0.2, 0.25) is 0 Å². The van der Waals surface area contributed by atoms with E-state index in [1.54, 1.807) is 24.3 Å². The monoisotopic (exact) mass is 485 g/mol. The molecule has 0 spiro atoms. The molecule has 0 heterocycles. The Morgan fingerprint density at radius 1 is 1.16 bits per heavy atom. The fourth-order valence-electron chi connectivity index (χ4n) is 2.80. The number of carbonyl (C=O) groups excluding carboxylic acids is 1. The van der Waals surface area contributed by atoms with Gasteiger partial charge in [-0.3, -0.25) is 4.79 Å². The smallest absolute Gasteiger partial charge is 0.438 e. The number of alkyl halides is 3. The fourth-order valence-corrected chi connectivity index (χ4v) is 2.80. The van der Waals surface area contributed by atoms with Crippen LogP contribution in [0.3, 0.4) is 0 Å². The van der Waals surface area contributed by atoms with Crippen molar-refractivity contribution in [2.75, 3.05) is 13.2 Å². The molecule has 0 aliphatic heterocycles. The molecule has 0 saturated carbocycles. The van der Waals surface area contributed by atoms with Crippen LogP contribution in [0.25, 0.3) is 4.85 Å². The van der Waals surface area contributed by atoms with Crippen molar-refractivity contribution in [1.29, 1.82) is 0 Å². The Labute approximate surface area is 191 Å². The minimum Gasteiger partial charge on any atom is -0.515 e. The molecule has 0 aliphatic rings. The first-order valence-corrected chi connectivity index (χ1v) is 9.99. The van der Waals surface area contributed by atoms with Crippen molar-refractivity contribution in [1.82, 2.24) is 0 Å². The van der Waals surface area contributed by atoms with E-state index in [9.17, 15) is 18.0 Å². The molecule has 0 bridgehead atoms. The number of carbonyl (C=O) groups is 1. The van der Waals surface area contributed by atoms with Crippen LogP contribution in [0.15, 0.2) is 35.7 Å². The van der Waals surface area contributed by atoms with Gasteiger partial charge in [-0.15, -0.1) is 0 Å². The molecule has 31 heavy (non-hydrogen) atoms. The second-order valence-corrected chi connectivity index (χ2v) is 6.89. The summed E-state index contributed by atoms with van der Waals surface area (Å²) in [5.74, 6) is -2.38. The van der Waals surface area contributed by atoms with Gasteiger partial charge in [-0.2, -0.15) is 13.2 Å². The Balaban J connectivity index is 0.00000900. The van der Waals surface area contributed by atoms with Crippen LogP contribution in [-0.4, -0.2) is 30.5 Å². The minimum absolute atomic E-state index is 0. The summed E-state index contributed by atoms with van der Waals surface area (Å²) in [5.41, 5.74) is -0.687. The first-order valence-electron chi connectivity index (χ1n) is 9.99. The van der Waals surface area contributed by atoms with Crippen LogP contribution in [0.1, 0.15) is 51.5 Å². The van der Waals surface area contributed by atoms with E-state index in [1.165, 1.54) is 19.3 Å². The van der Waals surface area contributed by atoms with Crippen LogP contribution < -0.4 is 4.74 Å². The molecule has 5 nitrogen and oxygen atoms in total. The third kappa shape index (κ3) is 10.6. The number of halogens is 3. The number of benzene rings is 1. The summed E-state index contributed by atoms with van der Waals surface area (Å²) in [6.45, 7) is 11.4. The van der Waals surface area contributed by atoms with Crippen molar-refractivity contribution in [2.45, 2.75) is 58.5 Å². The summed E-state index contributed by atoms with van der Waals surface area (Å²) >= 11 is 0. The number of aliphatic hydroxyl groups excluding tert-OH is 1. The summed E-state index contributed by atoms with van der Waals surface area (Å²) in [4.78, 5) is 14.0. The summed E-state index contributed by atoms with van der Waals surface area (Å²) in [5, 5.41) is 8.95. The molecule has 9 heteroatoms. The number of rotatable bonds is 12. The normalized spacial score (nSPS) is 12.8. The van der Waals surface area contributed by atoms with Crippen LogP contribution in [0.4, 0.5) is 13.2 Å². The fraction of sp³-hybridized carbons (Fsp3) is 0.545. The average Bonchev–Trinajstić information content (AvgIpc) is 2.71. The number of unbranched alkanes of at least 4 members (excludes halogenated alkanes) is 1. The van der Waals surface area contributed by atoms with Gasteiger partial charge in [-0.05, 0) is 30.0 Å². The van der Waals surface area contributed by atoms with Gasteiger partial charge in [0.15, 0.2) is 0 Å². The second kappa shape index (κ2) is 14.7. The number of allylic oxidation sites excluding steroid dienone is 1. The van der Waals surface area contributed by atoms with Gasteiger partial charge in [0.2, 0.25) is 5.76 Å². The van der Waals surface area contributed by atoms with Gasteiger partial charge in [0.05, 0.1) is 19.8 Å². The summed E-state index contributed by atoms with van der Waals surface area (Å²) in [7, 11) is 0. The maximum absolute atomic E-state index is 12.4. The molecule has 1 aromatic rings. The maximum atomic E-state index is 12.4. The molecule has 1 aromatic carbocycles. The zero-order valence-corrected chi connectivity index (χ0v) is 18.6. The molecule has 0 aromatic heterocycles. The topological polar surface area (TPSA) is 60.1 Å². The van der Waals surface area contributed by atoms with Crippen LogP contribution in [0.5, 0.6) is 5.75 Å². The third-order valence-electron chi connectivity index (χ3n) is 4.68. The van der Waals surface area contributed by atoms with Gasteiger partial charge in [-0.25, -0.2) is 4.85 Å². The standard InChI is InChI=1S/C22H28F3NO4.Ni/c1-4-6-7-16(5-2)12-14-29-18-10-8-17(9-11-18)13-15-30-21(28)19(26-3)20(27)22(23,24)25;/h8-11,16,27H,4-7,12-15H2,1-2H3;/b20-19+;. The molecule has 0 radical (unpaired) electrons. The van der Waals surface area contributed by atoms with Crippen molar-refractivity contribution in [2.24, 2.45) is 5.92 Å². The molecule has 1 atom stereocenters. The third-order valence-corrected chi connectivity index (χ3v) is 4.68.